The zero-order valence-corrected chi connectivity index (χ0v) is 14.7. The lowest BCUT2D eigenvalue weighted by Crippen LogP contribution is -2.13. The molecular weight excluding hydrogens is 372 g/mol. The second-order valence-electron chi connectivity index (χ2n) is 5.01. The molecule has 0 atom stereocenters. The molecule has 2 rings (SSSR count). The summed E-state index contributed by atoms with van der Waals surface area (Å²) in [7, 11) is -2.21. The van der Waals surface area contributed by atoms with Crippen LogP contribution in [-0.4, -0.2) is 32.6 Å². The Morgan fingerprint density at radius 1 is 1.24 bits per heavy atom. The second kappa shape index (κ2) is 7.08. The van der Waals surface area contributed by atoms with Gasteiger partial charge in [-0.15, -0.1) is 0 Å². The van der Waals surface area contributed by atoms with Gasteiger partial charge in [0.25, 0.3) is 5.91 Å². The molecule has 1 N–H and O–H groups in total. The third kappa shape index (κ3) is 4.25. The molecule has 2 aromatic rings. The minimum atomic E-state index is -3.49. The van der Waals surface area contributed by atoms with Crippen molar-refractivity contribution in [3.05, 3.63) is 57.1 Å². The summed E-state index contributed by atoms with van der Waals surface area (Å²) in [5, 5.41) is 13.6. The van der Waals surface area contributed by atoms with Gasteiger partial charge in [0.15, 0.2) is 15.6 Å². The van der Waals surface area contributed by atoms with Gasteiger partial charge in [-0.2, -0.15) is 0 Å². The Hall–Kier alpha value is -2.65. The van der Waals surface area contributed by atoms with Crippen molar-refractivity contribution >= 4 is 38.7 Å². The SMILES string of the molecule is COc1ccc(C(=O)Nc2cc(S(C)(=O)=O)ccc2Cl)cc1[N+](=O)[O-]. The maximum atomic E-state index is 12.3. The highest BCUT2D eigenvalue weighted by Gasteiger charge is 2.19. The highest BCUT2D eigenvalue weighted by atomic mass is 35.5. The van der Waals surface area contributed by atoms with E-state index in [9.17, 15) is 23.3 Å². The van der Waals surface area contributed by atoms with Gasteiger partial charge in [0, 0.05) is 17.9 Å². The summed E-state index contributed by atoms with van der Waals surface area (Å²) >= 11 is 5.97. The molecule has 0 aliphatic carbocycles. The van der Waals surface area contributed by atoms with E-state index in [0.29, 0.717) is 0 Å². The van der Waals surface area contributed by atoms with Crippen LogP contribution < -0.4 is 10.1 Å². The number of nitro benzene ring substituents is 1. The van der Waals surface area contributed by atoms with Crippen molar-refractivity contribution in [3.63, 3.8) is 0 Å². The van der Waals surface area contributed by atoms with Crippen LogP contribution in [0.25, 0.3) is 0 Å². The first-order valence-corrected chi connectivity index (χ1v) is 9.04. The number of rotatable bonds is 5. The molecule has 0 radical (unpaired) electrons. The highest BCUT2D eigenvalue weighted by molar-refractivity contribution is 7.90. The van der Waals surface area contributed by atoms with Crippen LogP contribution in [0.1, 0.15) is 10.4 Å². The molecule has 0 saturated heterocycles. The van der Waals surface area contributed by atoms with Crippen LogP contribution in [0.5, 0.6) is 5.75 Å². The number of hydrogen-bond acceptors (Lipinski definition) is 6. The number of anilines is 1. The van der Waals surface area contributed by atoms with Crippen molar-refractivity contribution in [3.8, 4) is 5.75 Å². The van der Waals surface area contributed by atoms with E-state index in [2.05, 4.69) is 5.32 Å². The van der Waals surface area contributed by atoms with E-state index in [-0.39, 0.29) is 32.6 Å². The van der Waals surface area contributed by atoms with Crippen molar-refractivity contribution in [2.75, 3.05) is 18.7 Å². The molecule has 10 heteroatoms. The lowest BCUT2D eigenvalue weighted by molar-refractivity contribution is -0.385. The minimum absolute atomic E-state index is 0.00618. The molecule has 25 heavy (non-hydrogen) atoms. The molecule has 132 valence electrons. The number of methoxy groups -OCH3 is 1. The fourth-order valence-electron chi connectivity index (χ4n) is 2.00. The Morgan fingerprint density at radius 2 is 1.92 bits per heavy atom. The quantitative estimate of drug-likeness (QED) is 0.625. The van der Waals surface area contributed by atoms with Crippen LogP contribution in [0.15, 0.2) is 41.3 Å². The number of nitrogens with zero attached hydrogens (tertiary/aromatic N) is 1. The molecule has 0 fully saturated rings. The Kier molecular flexibility index (Phi) is 5.29. The van der Waals surface area contributed by atoms with E-state index < -0.39 is 20.7 Å². The smallest absolute Gasteiger partial charge is 0.311 e. The molecule has 0 bridgehead atoms. The number of ether oxygens (including phenoxy) is 1. The van der Waals surface area contributed by atoms with E-state index in [1.165, 1.54) is 37.4 Å². The van der Waals surface area contributed by atoms with Gasteiger partial charge in [0.2, 0.25) is 0 Å². The Labute approximate surface area is 148 Å². The molecule has 0 saturated carbocycles. The van der Waals surface area contributed by atoms with Gasteiger partial charge in [-0.1, -0.05) is 11.6 Å². The summed E-state index contributed by atoms with van der Waals surface area (Å²) in [6, 6.07) is 7.56. The Morgan fingerprint density at radius 3 is 2.48 bits per heavy atom. The first kappa shape index (κ1) is 18.7. The summed E-state index contributed by atoms with van der Waals surface area (Å²) in [6.45, 7) is 0. The maximum Gasteiger partial charge on any atom is 0.311 e. The van der Waals surface area contributed by atoms with Gasteiger partial charge in [-0.3, -0.25) is 14.9 Å². The number of sulfone groups is 1. The summed E-state index contributed by atoms with van der Waals surface area (Å²) in [5.74, 6) is -0.669. The van der Waals surface area contributed by atoms with Crippen LogP contribution >= 0.6 is 11.6 Å². The number of halogens is 1. The number of hydrogen-bond donors (Lipinski definition) is 1. The summed E-state index contributed by atoms with van der Waals surface area (Å²) < 4.78 is 28.1. The van der Waals surface area contributed by atoms with Crippen molar-refractivity contribution < 1.29 is 22.9 Å². The highest BCUT2D eigenvalue weighted by Crippen LogP contribution is 2.29. The standard InChI is InChI=1S/C15H13ClN2O6S/c1-24-14-6-3-9(7-13(14)18(20)21)15(19)17-12-8-10(25(2,22)23)4-5-11(12)16/h3-8H,1-2H3,(H,17,19). The zero-order valence-electron chi connectivity index (χ0n) is 13.1. The van der Waals surface area contributed by atoms with Crippen molar-refractivity contribution in [1.82, 2.24) is 0 Å². The van der Waals surface area contributed by atoms with Gasteiger partial charge >= 0.3 is 5.69 Å². The van der Waals surface area contributed by atoms with Crippen LogP contribution in [-0.2, 0) is 9.84 Å². The third-order valence-corrected chi connectivity index (χ3v) is 4.69. The number of benzene rings is 2. The predicted molar refractivity (Wildman–Crippen MR) is 92.2 cm³/mol. The molecule has 1 amide bonds. The third-order valence-electron chi connectivity index (χ3n) is 3.25. The lowest BCUT2D eigenvalue weighted by Gasteiger charge is -2.10. The van der Waals surface area contributed by atoms with Crippen molar-refractivity contribution in [2.24, 2.45) is 0 Å². The van der Waals surface area contributed by atoms with Crippen LogP contribution in [0.4, 0.5) is 11.4 Å². The monoisotopic (exact) mass is 384 g/mol. The fraction of sp³-hybridized carbons (Fsp3) is 0.133. The number of carbonyl (C=O) groups is 1. The molecule has 0 spiro atoms. The van der Waals surface area contributed by atoms with Gasteiger partial charge in [0.1, 0.15) is 0 Å². The molecular formula is C15H13ClN2O6S. The van der Waals surface area contributed by atoms with Crippen LogP contribution in [0.3, 0.4) is 0 Å². The topological polar surface area (TPSA) is 116 Å². The lowest BCUT2D eigenvalue weighted by atomic mass is 10.1. The Balaban J connectivity index is 2.38. The first-order valence-electron chi connectivity index (χ1n) is 6.77. The van der Waals surface area contributed by atoms with E-state index in [1.807, 2.05) is 0 Å². The molecule has 0 aliphatic rings. The van der Waals surface area contributed by atoms with Gasteiger partial charge in [0.05, 0.1) is 27.6 Å². The van der Waals surface area contributed by atoms with Gasteiger partial charge in [-0.05, 0) is 30.3 Å². The van der Waals surface area contributed by atoms with E-state index in [4.69, 9.17) is 16.3 Å². The van der Waals surface area contributed by atoms with Crippen LogP contribution in [0, 0.1) is 10.1 Å². The molecule has 0 unspecified atom stereocenters. The second-order valence-corrected chi connectivity index (χ2v) is 7.43. The van der Waals surface area contributed by atoms with E-state index >= 15 is 0 Å². The largest absolute Gasteiger partial charge is 0.490 e. The molecule has 8 nitrogen and oxygen atoms in total. The zero-order chi connectivity index (χ0) is 18.8. The predicted octanol–water partition coefficient (Wildman–Crippen LogP) is 2.91. The number of amides is 1. The molecule has 0 aromatic heterocycles. The molecule has 0 aliphatic heterocycles. The molecule has 0 heterocycles. The minimum Gasteiger partial charge on any atom is -0.490 e. The average molecular weight is 385 g/mol. The number of nitrogens with one attached hydrogen (secondary N) is 1. The van der Waals surface area contributed by atoms with Gasteiger partial charge in [-0.25, -0.2) is 8.42 Å². The summed E-state index contributed by atoms with van der Waals surface area (Å²) in [4.78, 5) is 22.7. The maximum absolute atomic E-state index is 12.3. The summed E-state index contributed by atoms with van der Waals surface area (Å²) in [6.07, 6.45) is 1.02. The average Bonchev–Trinajstić information content (AvgIpc) is 2.55. The summed E-state index contributed by atoms with van der Waals surface area (Å²) in [5.41, 5.74) is -0.299. The van der Waals surface area contributed by atoms with Gasteiger partial charge < -0.3 is 10.1 Å². The van der Waals surface area contributed by atoms with Crippen molar-refractivity contribution in [2.45, 2.75) is 4.90 Å². The fourth-order valence-corrected chi connectivity index (χ4v) is 2.81. The number of nitro groups is 1. The Bertz CT molecular complexity index is 958. The van der Waals surface area contributed by atoms with Crippen molar-refractivity contribution in [1.29, 1.82) is 0 Å². The number of carbonyl (C=O) groups excluding carboxylic acids is 1. The van der Waals surface area contributed by atoms with Crippen LogP contribution in [0.2, 0.25) is 5.02 Å². The first-order chi connectivity index (χ1) is 11.6. The normalized spacial score (nSPS) is 11.0. The van der Waals surface area contributed by atoms with E-state index in [0.717, 1.165) is 12.3 Å². The molecule has 2 aromatic carbocycles. The van der Waals surface area contributed by atoms with E-state index in [1.54, 1.807) is 0 Å².